The van der Waals surface area contributed by atoms with Crippen LogP contribution in [0.1, 0.15) is 18.9 Å². The van der Waals surface area contributed by atoms with E-state index in [4.69, 9.17) is 11.6 Å². The van der Waals surface area contributed by atoms with Crippen LogP contribution in [-0.4, -0.2) is 4.57 Å². The molecule has 0 aliphatic heterocycles. The molecule has 0 spiro atoms. The number of aromatic nitrogens is 1. The van der Waals surface area contributed by atoms with Crippen LogP contribution in [0.4, 0.5) is 0 Å². The molecule has 0 saturated heterocycles. The molecular formula is C20H15ClN2. The van der Waals surface area contributed by atoms with Gasteiger partial charge in [-0.15, -0.1) is 0 Å². The van der Waals surface area contributed by atoms with Gasteiger partial charge in [-0.3, -0.25) is 0 Å². The minimum Gasteiger partial charge on any atom is -0.310 e. The largest absolute Gasteiger partial charge is 0.310 e. The van der Waals surface area contributed by atoms with E-state index < -0.39 is 0 Å². The van der Waals surface area contributed by atoms with Gasteiger partial charge < -0.3 is 4.57 Å². The Morgan fingerprint density at radius 3 is 2.57 bits per heavy atom. The van der Waals surface area contributed by atoms with Crippen LogP contribution in [0, 0.1) is 17.2 Å². The molecule has 1 unspecified atom stereocenters. The molecule has 1 aliphatic rings. The summed E-state index contributed by atoms with van der Waals surface area (Å²) in [5.41, 5.74) is 4.06. The van der Waals surface area contributed by atoms with E-state index in [9.17, 15) is 5.26 Å². The van der Waals surface area contributed by atoms with Crippen LogP contribution in [0.2, 0.25) is 5.02 Å². The number of allylic oxidation sites excluding steroid dienone is 4. The molecule has 23 heavy (non-hydrogen) atoms. The molecule has 3 aromatic rings. The number of hydrogen-bond acceptors (Lipinski definition) is 1. The van der Waals surface area contributed by atoms with E-state index >= 15 is 0 Å². The molecule has 3 heteroatoms. The number of hydrogen-bond donors (Lipinski definition) is 0. The zero-order valence-electron chi connectivity index (χ0n) is 12.8. The van der Waals surface area contributed by atoms with Gasteiger partial charge in [0.15, 0.2) is 0 Å². The molecule has 1 atom stereocenters. The van der Waals surface area contributed by atoms with Gasteiger partial charge in [-0.25, -0.2) is 0 Å². The molecule has 112 valence electrons. The van der Waals surface area contributed by atoms with Crippen LogP contribution in [0.25, 0.3) is 27.5 Å². The van der Waals surface area contributed by atoms with Crippen molar-refractivity contribution in [2.24, 2.45) is 5.92 Å². The topological polar surface area (TPSA) is 28.7 Å². The number of nitrogens with zero attached hydrogens (tertiary/aromatic N) is 2. The van der Waals surface area contributed by atoms with Gasteiger partial charge in [-0.05, 0) is 54.8 Å². The van der Waals surface area contributed by atoms with Crippen molar-refractivity contribution in [1.82, 2.24) is 4.57 Å². The predicted octanol–water partition coefficient (Wildman–Crippen LogP) is 5.76. The summed E-state index contributed by atoms with van der Waals surface area (Å²) in [6, 6.07) is 14.0. The first-order valence-electron chi connectivity index (χ1n) is 7.70. The van der Waals surface area contributed by atoms with Crippen molar-refractivity contribution in [2.45, 2.75) is 13.3 Å². The first-order chi connectivity index (χ1) is 11.2. The fraction of sp³-hybridized carbons (Fsp3) is 0.150. The summed E-state index contributed by atoms with van der Waals surface area (Å²) in [6.07, 6.45) is 7.74. The number of rotatable bonds is 1. The van der Waals surface area contributed by atoms with Gasteiger partial charge in [-0.2, -0.15) is 5.26 Å². The smallest absolute Gasteiger partial charge is 0.0991 e. The van der Waals surface area contributed by atoms with Crippen LogP contribution in [0.5, 0.6) is 0 Å². The summed E-state index contributed by atoms with van der Waals surface area (Å²) in [7, 11) is 0. The molecule has 0 bridgehead atoms. The van der Waals surface area contributed by atoms with Crippen molar-refractivity contribution in [3.8, 4) is 6.07 Å². The maximum Gasteiger partial charge on any atom is 0.0991 e. The average Bonchev–Trinajstić information content (AvgIpc) is 2.88. The van der Waals surface area contributed by atoms with Crippen LogP contribution in [0.3, 0.4) is 0 Å². The number of nitriles is 1. The third-order valence-corrected chi connectivity index (χ3v) is 4.64. The second kappa shape index (κ2) is 5.30. The van der Waals surface area contributed by atoms with Crippen molar-refractivity contribution in [1.29, 1.82) is 5.26 Å². The lowest BCUT2D eigenvalue weighted by atomic mass is 10.0. The van der Waals surface area contributed by atoms with E-state index in [-0.39, 0.29) is 0 Å². The lowest BCUT2D eigenvalue weighted by molar-refractivity contribution is 0.735. The maximum atomic E-state index is 9.20. The highest BCUT2D eigenvalue weighted by molar-refractivity contribution is 6.32. The minimum absolute atomic E-state index is 0.575. The number of benzene rings is 2. The molecule has 0 saturated carbocycles. The van der Waals surface area contributed by atoms with Crippen molar-refractivity contribution in [3.05, 3.63) is 65.2 Å². The van der Waals surface area contributed by atoms with Crippen LogP contribution >= 0.6 is 11.6 Å². The Morgan fingerprint density at radius 2 is 1.87 bits per heavy atom. The third-order valence-electron chi connectivity index (χ3n) is 4.41. The molecule has 0 radical (unpaired) electrons. The Bertz CT molecular complexity index is 1030. The second-order valence-corrected chi connectivity index (χ2v) is 6.48. The Labute approximate surface area is 139 Å². The first kappa shape index (κ1) is 14.1. The molecule has 2 nitrogen and oxygen atoms in total. The van der Waals surface area contributed by atoms with Crippen molar-refractivity contribution in [3.63, 3.8) is 0 Å². The SMILES string of the molecule is CC1C=CC(n2c3ccc(Cl)cc3c3cc(C#N)ccc32)=CC1. The third kappa shape index (κ3) is 2.25. The van der Waals surface area contributed by atoms with E-state index in [0.29, 0.717) is 16.5 Å². The normalized spacial score (nSPS) is 17.4. The number of fused-ring (bicyclic) bond motifs is 3. The Kier molecular flexibility index (Phi) is 3.25. The zero-order valence-corrected chi connectivity index (χ0v) is 13.5. The van der Waals surface area contributed by atoms with E-state index in [1.165, 1.54) is 5.70 Å². The zero-order chi connectivity index (χ0) is 16.0. The highest BCUT2D eigenvalue weighted by atomic mass is 35.5. The summed E-state index contributed by atoms with van der Waals surface area (Å²) in [4.78, 5) is 0. The van der Waals surface area contributed by atoms with E-state index in [0.717, 1.165) is 28.2 Å². The molecule has 4 rings (SSSR count). The molecule has 0 N–H and O–H groups in total. The number of halogens is 1. The molecule has 1 aliphatic carbocycles. The Hall–Kier alpha value is -2.50. The van der Waals surface area contributed by atoms with Crippen molar-refractivity contribution < 1.29 is 0 Å². The van der Waals surface area contributed by atoms with Crippen LogP contribution in [0.15, 0.2) is 54.6 Å². The van der Waals surface area contributed by atoms with Gasteiger partial charge in [0.05, 0.1) is 22.7 Å². The van der Waals surface area contributed by atoms with Gasteiger partial charge in [0.2, 0.25) is 0 Å². The van der Waals surface area contributed by atoms with Crippen molar-refractivity contribution >= 4 is 39.1 Å². The molecule has 1 aromatic heterocycles. The fourth-order valence-electron chi connectivity index (χ4n) is 3.23. The van der Waals surface area contributed by atoms with E-state index in [2.05, 4.69) is 41.9 Å². The van der Waals surface area contributed by atoms with E-state index in [1.807, 2.05) is 30.3 Å². The van der Waals surface area contributed by atoms with Crippen molar-refractivity contribution in [2.75, 3.05) is 0 Å². The summed E-state index contributed by atoms with van der Waals surface area (Å²) in [6.45, 7) is 2.22. The standard InChI is InChI=1S/C20H15ClN2/c1-13-2-6-16(7-3-13)23-19-8-4-14(12-22)10-17(19)18-11-15(21)5-9-20(18)23/h2,4-11,13H,3H2,1H3. The molecule has 1 heterocycles. The summed E-state index contributed by atoms with van der Waals surface area (Å²) in [5, 5.41) is 12.1. The van der Waals surface area contributed by atoms with Crippen LogP contribution < -0.4 is 0 Å². The van der Waals surface area contributed by atoms with Gasteiger partial charge in [0.1, 0.15) is 0 Å². The average molecular weight is 319 g/mol. The molecular weight excluding hydrogens is 304 g/mol. The molecule has 2 aromatic carbocycles. The Balaban J connectivity index is 2.10. The molecule has 0 fully saturated rings. The van der Waals surface area contributed by atoms with Crippen LogP contribution in [-0.2, 0) is 0 Å². The highest BCUT2D eigenvalue weighted by Gasteiger charge is 2.15. The fourth-order valence-corrected chi connectivity index (χ4v) is 3.40. The lowest BCUT2D eigenvalue weighted by Crippen LogP contribution is -2.00. The quantitative estimate of drug-likeness (QED) is 0.561. The summed E-state index contributed by atoms with van der Waals surface area (Å²) in [5.74, 6) is 0.575. The lowest BCUT2D eigenvalue weighted by Gasteiger charge is -2.15. The predicted molar refractivity (Wildman–Crippen MR) is 96.4 cm³/mol. The first-order valence-corrected chi connectivity index (χ1v) is 8.08. The molecule has 0 amide bonds. The second-order valence-electron chi connectivity index (χ2n) is 6.04. The monoisotopic (exact) mass is 318 g/mol. The van der Waals surface area contributed by atoms with Gasteiger partial charge in [0, 0.05) is 21.5 Å². The summed E-state index contributed by atoms with van der Waals surface area (Å²) >= 11 is 6.20. The van der Waals surface area contributed by atoms with E-state index in [1.54, 1.807) is 0 Å². The Morgan fingerprint density at radius 1 is 1.13 bits per heavy atom. The van der Waals surface area contributed by atoms with Gasteiger partial charge in [-0.1, -0.05) is 30.7 Å². The summed E-state index contributed by atoms with van der Waals surface area (Å²) < 4.78 is 2.25. The van der Waals surface area contributed by atoms with Gasteiger partial charge in [0.25, 0.3) is 0 Å². The maximum absolute atomic E-state index is 9.20. The minimum atomic E-state index is 0.575. The highest BCUT2D eigenvalue weighted by Crippen LogP contribution is 2.35. The van der Waals surface area contributed by atoms with Gasteiger partial charge >= 0.3 is 0 Å².